The molecule has 1 N–H and O–H groups in total. The lowest BCUT2D eigenvalue weighted by Gasteiger charge is -2.29. The molecule has 0 bridgehead atoms. The van der Waals surface area contributed by atoms with Crippen LogP contribution in [0.15, 0.2) is 24.3 Å². The lowest BCUT2D eigenvalue weighted by atomic mass is 10.1. The second kappa shape index (κ2) is 7.26. The largest absolute Gasteiger partial charge is 0.481 e. The summed E-state index contributed by atoms with van der Waals surface area (Å²) in [4.78, 5) is 26.8. The number of nitrogens with zero attached hydrogens (tertiary/aromatic N) is 2. The SMILES string of the molecule is CC(CN(C)C(=O)c1ccc(N2CCOCC2)cc1)C(=O)O. The number of rotatable bonds is 5. The Morgan fingerprint density at radius 3 is 2.41 bits per heavy atom. The van der Waals surface area contributed by atoms with E-state index in [9.17, 15) is 9.59 Å². The number of carboxylic acids is 1. The molecule has 1 heterocycles. The van der Waals surface area contributed by atoms with Crippen molar-refractivity contribution in [3.8, 4) is 0 Å². The number of amides is 1. The highest BCUT2D eigenvalue weighted by atomic mass is 16.5. The maximum Gasteiger partial charge on any atom is 0.308 e. The number of aliphatic carboxylic acids is 1. The monoisotopic (exact) mass is 306 g/mol. The van der Waals surface area contributed by atoms with Crippen LogP contribution in [-0.2, 0) is 9.53 Å². The average molecular weight is 306 g/mol. The summed E-state index contributed by atoms with van der Waals surface area (Å²) in [5.41, 5.74) is 1.64. The summed E-state index contributed by atoms with van der Waals surface area (Å²) in [6, 6.07) is 7.42. The van der Waals surface area contributed by atoms with Crippen molar-refractivity contribution < 1.29 is 19.4 Å². The molecule has 1 aliphatic rings. The molecule has 1 atom stereocenters. The quantitative estimate of drug-likeness (QED) is 0.888. The fourth-order valence-electron chi connectivity index (χ4n) is 2.43. The first-order valence-electron chi connectivity index (χ1n) is 7.40. The van der Waals surface area contributed by atoms with E-state index in [-0.39, 0.29) is 12.5 Å². The molecular weight excluding hydrogens is 284 g/mol. The Bertz CT molecular complexity index is 523. The number of anilines is 1. The fourth-order valence-corrected chi connectivity index (χ4v) is 2.43. The van der Waals surface area contributed by atoms with E-state index >= 15 is 0 Å². The Morgan fingerprint density at radius 2 is 1.86 bits per heavy atom. The van der Waals surface area contributed by atoms with Crippen LogP contribution in [-0.4, -0.2) is 61.8 Å². The van der Waals surface area contributed by atoms with Crippen LogP contribution in [0.4, 0.5) is 5.69 Å². The van der Waals surface area contributed by atoms with E-state index in [2.05, 4.69) is 4.90 Å². The van der Waals surface area contributed by atoms with Crippen LogP contribution in [0.2, 0.25) is 0 Å². The van der Waals surface area contributed by atoms with Crippen LogP contribution in [0.5, 0.6) is 0 Å². The third-order valence-electron chi connectivity index (χ3n) is 3.81. The van der Waals surface area contributed by atoms with E-state index in [4.69, 9.17) is 9.84 Å². The van der Waals surface area contributed by atoms with E-state index in [0.29, 0.717) is 5.56 Å². The molecule has 1 aliphatic heterocycles. The van der Waals surface area contributed by atoms with Crippen LogP contribution < -0.4 is 4.90 Å². The standard InChI is InChI=1S/C16H22N2O4/c1-12(16(20)21)11-17(2)15(19)13-3-5-14(6-4-13)18-7-9-22-10-8-18/h3-6,12H,7-11H2,1-2H3,(H,20,21). The summed E-state index contributed by atoms with van der Waals surface area (Å²) in [6.07, 6.45) is 0. The molecule has 6 nitrogen and oxygen atoms in total. The number of benzene rings is 1. The minimum atomic E-state index is -0.901. The Balaban J connectivity index is 1.99. The molecule has 1 fully saturated rings. The van der Waals surface area contributed by atoms with Crippen LogP contribution in [0.25, 0.3) is 0 Å². The molecule has 1 saturated heterocycles. The van der Waals surface area contributed by atoms with Gasteiger partial charge in [0.25, 0.3) is 5.91 Å². The second-order valence-electron chi connectivity index (χ2n) is 5.57. The summed E-state index contributed by atoms with van der Waals surface area (Å²) < 4.78 is 5.32. The molecule has 1 aromatic carbocycles. The Hall–Kier alpha value is -2.08. The van der Waals surface area contributed by atoms with Crippen molar-refractivity contribution in [1.82, 2.24) is 4.90 Å². The van der Waals surface area contributed by atoms with E-state index in [1.165, 1.54) is 4.90 Å². The van der Waals surface area contributed by atoms with E-state index in [0.717, 1.165) is 32.0 Å². The van der Waals surface area contributed by atoms with Gasteiger partial charge >= 0.3 is 5.97 Å². The van der Waals surface area contributed by atoms with Crippen molar-refractivity contribution in [3.63, 3.8) is 0 Å². The molecule has 0 spiro atoms. The summed E-state index contributed by atoms with van der Waals surface area (Å²) in [5, 5.41) is 8.91. The molecule has 0 saturated carbocycles. The van der Waals surface area contributed by atoms with Crippen LogP contribution in [0.1, 0.15) is 17.3 Å². The summed E-state index contributed by atoms with van der Waals surface area (Å²) in [6.45, 7) is 4.92. The van der Waals surface area contributed by atoms with Crippen molar-refractivity contribution in [2.24, 2.45) is 5.92 Å². The maximum absolute atomic E-state index is 12.3. The third kappa shape index (κ3) is 3.98. The van der Waals surface area contributed by atoms with Crippen molar-refractivity contribution >= 4 is 17.6 Å². The first-order chi connectivity index (χ1) is 10.5. The Kier molecular flexibility index (Phi) is 5.38. The Morgan fingerprint density at radius 1 is 1.27 bits per heavy atom. The molecule has 0 aromatic heterocycles. The van der Waals surface area contributed by atoms with Gasteiger partial charge in [0, 0.05) is 37.9 Å². The lowest BCUT2D eigenvalue weighted by molar-refractivity contribution is -0.141. The molecule has 1 aromatic rings. The molecule has 1 unspecified atom stereocenters. The van der Waals surface area contributed by atoms with Gasteiger partial charge in [-0.1, -0.05) is 6.92 Å². The van der Waals surface area contributed by atoms with Gasteiger partial charge in [-0.15, -0.1) is 0 Å². The van der Waals surface area contributed by atoms with Gasteiger partial charge in [-0.3, -0.25) is 9.59 Å². The molecule has 2 rings (SSSR count). The molecule has 120 valence electrons. The molecule has 1 amide bonds. The lowest BCUT2D eigenvalue weighted by Crippen LogP contribution is -2.36. The number of hydrogen-bond acceptors (Lipinski definition) is 4. The second-order valence-corrected chi connectivity index (χ2v) is 5.57. The molecule has 0 radical (unpaired) electrons. The zero-order chi connectivity index (χ0) is 16.1. The highest BCUT2D eigenvalue weighted by molar-refractivity contribution is 5.94. The van der Waals surface area contributed by atoms with Crippen LogP contribution >= 0.6 is 0 Å². The molecule has 22 heavy (non-hydrogen) atoms. The van der Waals surface area contributed by atoms with E-state index in [1.54, 1.807) is 26.1 Å². The number of carboxylic acid groups (broad SMARTS) is 1. The normalized spacial score (nSPS) is 16.2. The van der Waals surface area contributed by atoms with Crippen molar-refractivity contribution in [2.75, 3.05) is 44.8 Å². The van der Waals surface area contributed by atoms with Gasteiger partial charge in [0.1, 0.15) is 0 Å². The topological polar surface area (TPSA) is 70.1 Å². The molecule has 0 aliphatic carbocycles. The third-order valence-corrected chi connectivity index (χ3v) is 3.81. The summed E-state index contributed by atoms with van der Waals surface area (Å²) >= 11 is 0. The van der Waals surface area contributed by atoms with Crippen molar-refractivity contribution in [1.29, 1.82) is 0 Å². The minimum absolute atomic E-state index is 0.165. The van der Waals surface area contributed by atoms with Crippen molar-refractivity contribution in [2.45, 2.75) is 6.92 Å². The smallest absolute Gasteiger partial charge is 0.308 e. The predicted octanol–water partition coefficient (Wildman–Crippen LogP) is 1.32. The first kappa shape index (κ1) is 16.3. The zero-order valence-corrected chi connectivity index (χ0v) is 13.0. The summed E-state index contributed by atoms with van der Waals surface area (Å²) in [7, 11) is 1.62. The fraction of sp³-hybridized carbons (Fsp3) is 0.500. The molecular formula is C16H22N2O4. The highest BCUT2D eigenvalue weighted by Gasteiger charge is 2.19. The van der Waals surface area contributed by atoms with Gasteiger partial charge < -0.3 is 19.6 Å². The zero-order valence-electron chi connectivity index (χ0n) is 13.0. The first-order valence-corrected chi connectivity index (χ1v) is 7.40. The summed E-state index contributed by atoms with van der Waals surface area (Å²) in [5.74, 6) is -1.65. The number of hydrogen-bond donors (Lipinski definition) is 1. The van der Waals surface area contributed by atoms with Crippen LogP contribution in [0, 0.1) is 5.92 Å². The van der Waals surface area contributed by atoms with E-state index in [1.807, 2.05) is 12.1 Å². The van der Waals surface area contributed by atoms with Crippen LogP contribution in [0.3, 0.4) is 0 Å². The number of carbonyl (C=O) groups is 2. The van der Waals surface area contributed by atoms with Gasteiger partial charge in [-0.25, -0.2) is 0 Å². The number of carbonyl (C=O) groups excluding carboxylic acids is 1. The highest BCUT2D eigenvalue weighted by Crippen LogP contribution is 2.17. The van der Waals surface area contributed by atoms with E-state index < -0.39 is 11.9 Å². The van der Waals surface area contributed by atoms with Crippen molar-refractivity contribution in [3.05, 3.63) is 29.8 Å². The van der Waals surface area contributed by atoms with Gasteiger partial charge in [-0.05, 0) is 24.3 Å². The Labute approximate surface area is 130 Å². The molecule has 6 heteroatoms. The average Bonchev–Trinajstić information content (AvgIpc) is 2.55. The van der Waals surface area contributed by atoms with Gasteiger partial charge in [-0.2, -0.15) is 0 Å². The minimum Gasteiger partial charge on any atom is -0.481 e. The number of morpholine rings is 1. The maximum atomic E-state index is 12.3. The van der Waals surface area contributed by atoms with Gasteiger partial charge in [0.05, 0.1) is 19.1 Å². The van der Waals surface area contributed by atoms with Gasteiger partial charge in [0.15, 0.2) is 0 Å². The predicted molar refractivity (Wildman–Crippen MR) is 83.2 cm³/mol. The van der Waals surface area contributed by atoms with Gasteiger partial charge in [0.2, 0.25) is 0 Å². The number of ether oxygens (including phenoxy) is 1.